The number of amides is 1. The standard InChI is InChI=1S/C17H33N3O3/c1-3-15-13-20(8-7-19(15)9-12-22-4-2)17(21)16(18)14-5-10-23-11-6-14/h14-16H,3-13,18H2,1-2H3. The van der Waals surface area contributed by atoms with Crippen LogP contribution < -0.4 is 5.73 Å². The van der Waals surface area contributed by atoms with Crippen molar-refractivity contribution in [3.63, 3.8) is 0 Å². The second-order valence-corrected chi connectivity index (χ2v) is 6.55. The van der Waals surface area contributed by atoms with Crippen molar-refractivity contribution in [1.82, 2.24) is 9.80 Å². The molecule has 1 amide bonds. The molecule has 0 aromatic rings. The van der Waals surface area contributed by atoms with Crippen LogP contribution in [0.25, 0.3) is 0 Å². The third-order valence-electron chi connectivity index (χ3n) is 5.17. The van der Waals surface area contributed by atoms with Crippen LogP contribution in [0.4, 0.5) is 0 Å². The Kier molecular flexibility index (Phi) is 7.76. The number of rotatable bonds is 7. The second-order valence-electron chi connectivity index (χ2n) is 6.55. The first-order chi connectivity index (χ1) is 11.2. The zero-order valence-corrected chi connectivity index (χ0v) is 14.7. The first-order valence-electron chi connectivity index (χ1n) is 9.11. The number of carbonyl (C=O) groups excluding carboxylic acids is 1. The average molecular weight is 327 g/mol. The highest BCUT2D eigenvalue weighted by molar-refractivity contribution is 5.82. The zero-order chi connectivity index (χ0) is 16.7. The number of piperazine rings is 1. The van der Waals surface area contributed by atoms with Gasteiger partial charge in [0.15, 0.2) is 0 Å². The average Bonchev–Trinajstić information content (AvgIpc) is 2.61. The molecule has 23 heavy (non-hydrogen) atoms. The van der Waals surface area contributed by atoms with Crippen LogP contribution in [-0.4, -0.2) is 80.4 Å². The van der Waals surface area contributed by atoms with E-state index >= 15 is 0 Å². The molecule has 2 aliphatic rings. The number of nitrogens with zero attached hydrogens (tertiary/aromatic N) is 2. The maximum absolute atomic E-state index is 12.7. The van der Waals surface area contributed by atoms with Gasteiger partial charge < -0.3 is 20.1 Å². The molecule has 134 valence electrons. The van der Waals surface area contributed by atoms with E-state index < -0.39 is 0 Å². The van der Waals surface area contributed by atoms with E-state index in [1.165, 1.54) is 0 Å². The fraction of sp³-hybridized carbons (Fsp3) is 0.941. The third-order valence-corrected chi connectivity index (χ3v) is 5.17. The molecular weight excluding hydrogens is 294 g/mol. The Hall–Kier alpha value is -0.690. The van der Waals surface area contributed by atoms with Gasteiger partial charge in [-0.05, 0) is 32.1 Å². The minimum Gasteiger partial charge on any atom is -0.381 e. The van der Waals surface area contributed by atoms with Gasteiger partial charge in [0.25, 0.3) is 0 Å². The predicted octanol–water partition coefficient (Wildman–Crippen LogP) is 0.700. The highest BCUT2D eigenvalue weighted by Gasteiger charge is 2.34. The summed E-state index contributed by atoms with van der Waals surface area (Å²) in [5.41, 5.74) is 6.26. The number of nitrogens with two attached hydrogens (primary N) is 1. The smallest absolute Gasteiger partial charge is 0.239 e. The lowest BCUT2D eigenvalue weighted by Crippen LogP contribution is -2.59. The molecule has 0 spiro atoms. The predicted molar refractivity (Wildman–Crippen MR) is 90.2 cm³/mol. The second kappa shape index (κ2) is 9.57. The minimum absolute atomic E-state index is 0.125. The molecule has 6 heteroatoms. The molecule has 2 heterocycles. The molecule has 0 radical (unpaired) electrons. The first-order valence-corrected chi connectivity index (χ1v) is 9.11. The monoisotopic (exact) mass is 327 g/mol. The van der Waals surface area contributed by atoms with Gasteiger partial charge in [0.1, 0.15) is 0 Å². The van der Waals surface area contributed by atoms with Gasteiger partial charge in [0, 0.05) is 52.0 Å². The fourth-order valence-electron chi connectivity index (χ4n) is 3.59. The maximum Gasteiger partial charge on any atom is 0.239 e. The molecule has 0 bridgehead atoms. The number of carbonyl (C=O) groups is 1. The van der Waals surface area contributed by atoms with Crippen LogP contribution >= 0.6 is 0 Å². The van der Waals surface area contributed by atoms with Crippen molar-refractivity contribution in [1.29, 1.82) is 0 Å². The van der Waals surface area contributed by atoms with E-state index in [2.05, 4.69) is 11.8 Å². The van der Waals surface area contributed by atoms with Gasteiger partial charge in [0.2, 0.25) is 5.91 Å². The summed E-state index contributed by atoms with van der Waals surface area (Å²) >= 11 is 0. The van der Waals surface area contributed by atoms with Crippen molar-refractivity contribution < 1.29 is 14.3 Å². The summed E-state index contributed by atoms with van der Waals surface area (Å²) in [6, 6.07) is 0.0430. The third kappa shape index (κ3) is 5.14. The lowest BCUT2D eigenvalue weighted by Gasteiger charge is -2.42. The largest absolute Gasteiger partial charge is 0.381 e. The van der Waals surface area contributed by atoms with Crippen molar-refractivity contribution in [2.45, 2.75) is 45.2 Å². The van der Waals surface area contributed by atoms with E-state index in [4.69, 9.17) is 15.2 Å². The summed E-state index contributed by atoms with van der Waals surface area (Å²) in [5.74, 6) is 0.395. The Balaban J connectivity index is 1.85. The van der Waals surface area contributed by atoms with Crippen LogP contribution in [0.5, 0.6) is 0 Å². The number of hydrogen-bond donors (Lipinski definition) is 1. The Morgan fingerprint density at radius 3 is 2.70 bits per heavy atom. The highest BCUT2D eigenvalue weighted by Crippen LogP contribution is 2.21. The molecule has 2 saturated heterocycles. The molecule has 2 fully saturated rings. The summed E-state index contributed by atoms with van der Waals surface area (Å²) < 4.78 is 10.8. The minimum atomic E-state index is -0.369. The van der Waals surface area contributed by atoms with Gasteiger partial charge >= 0.3 is 0 Å². The van der Waals surface area contributed by atoms with Gasteiger partial charge in [-0.15, -0.1) is 0 Å². The molecule has 2 aliphatic heterocycles. The normalized spacial score (nSPS) is 25.5. The molecule has 2 atom stereocenters. The van der Waals surface area contributed by atoms with Gasteiger partial charge in [0.05, 0.1) is 12.6 Å². The fourth-order valence-corrected chi connectivity index (χ4v) is 3.59. The molecule has 0 aliphatic carbocycles. The SMILES string of the molecule is CCOCCN1CCN(C(=O)C(N)C2CCOCC2)CC1CC. The topological polar surface area (TPSA) is 68.0 Å². The summed E-state index contributed by atoms with van der Waals surface area (Å²) in [5, 5.41) is 0. The quantitative estimate of drug-likeness (QED) is 0.697. The van der Waals surface area contributed by atoms with Crippen LogP contribution in [0.15, 0.2) is 0 Å². The molecule has 2 unspecified atom stereocenters. The van der Waals surface area contributed by atoms with E-state index in [1.54, 1.807) is 0 Å². The van der Waals surface area contributed by atoms with Gasteiger partial charge in [-0.25, -0.2) is 0 Å². The molecule has 0 aromatic carbocycles. The van der Waals surface area contributed by atoms with Crippen molar-refractivity contribution >= 4 is 5.91 Å². The maximum atomic E-state index is 12.7. The molecule has 2 rings (SSSR count). The van der Waals surface area contributed by atoms with E-state index in [9.17, 15) is 4.79 Å². The van der Waals surface area contributed by atoms with Gasteiger partial charge in [-0.2, -0.15) is 0 Å². The lowest BCUT2D eigenvalue weighted by molar-refractivity contribution is -0.138. The molecule has 0 saturated carbocycles. The van der Waals surface area contributed by atoms with Crippen molar-refractivity contribution in [3.05, 3.63) is 0 Å². The van der Waals surface area contributed by atoms with Crippen molar-refractivity contribution in [2.24, 2.45) is 11.7 Å². The van der Waals surface area contributed by atoms with Crippen LogP contribution in [0.3, 0.4) is 0 Å². The first kappa shape index (κ1) is 18.6. The Morgan fingerprint density at radius 1 is 1.30 bits per heavy atom. The molecule has 2 N–H and O–H groups in total. The van der Waals surface area contributed by atoms with Crippen molar-refractivity contribution in [2.75, 3.05) is 52.6 Å². The van der Waals surface area contributed by atoms with Gasteiger partial charge in [-0.1, -0.05) is 6.92 Å². The van der Waals surface area contributed by atoms with E-state index in [-0.39, 0.29) is 17.9 Å². The summed E-state index contributed by atoms with van der Waals surface area (Å²) in [4.78, 5) is 17.2. The molecule has 0 aromatic heterocycles. The van der Waals surface area contributed by atoms with Crippen LogP contribution in [0.1, 0.15) is 33.1 Å². The lowest BCUT2D eigenvalue weighted by atomic mass is 9.91. The van der Waals surface area contributed by atoms with Crippen LogP contribution in [0.2, 0.25) is 0 Å². The number of ether oxygens (including phenoxy) is 2. The van der Waals surface area contributed by atoms with E-state index in [1.807, 2.05) is 11.8 Å². The van der Waals surface area contributed by atoms with E-state index in [0.717, 1.165) is 71.9 Å². The number of hydrogen-bond acceptors (Lipinski definition) is 5. The highest BCUT2D eigenvalue weighted by atomic mass is 16.5. The van der Waals surface area contributed by atoms with Crippen molar-refractivity contribution in [3.8, 4) is 0 Å². The van der Waals surface area contributed by atoms with E-state index in [0.29, 0.717) is 6.04 Å². The summed E-state index contributed by atoms with van der Waals surface area (Å²) in [6.07, 6.45) is 2.85. The molecule has 6 nitrogen and oxygen atoms in total. The van der Waals surface area contributed by atoms with Crippen LogP contribution in [0, 0.1) is 5.92 Å². The Labute approximate surface area is 140 Å². The zero-order valence-electron chi connectivity index (χ0n) is 14.7. The van der Waals surface area contributed by atoms with Crippen LogP contribution in [-0.2, 0) is 14.3 Å². The Morgan fingerprint density at radius 2 is 2.04 bits per heavy atom. The summed E-state index contributed by atoms with van der Waals surface area (Å²) in [7, 11) is 0. The summed E-state index contributed by atoms with van der Waals surface area (Å²) in [6.45, 7) is 10.6. The van der Waals surface area contributed by atoms with Gasteiger partial charge in [-0.3, -0.25) is 9.69 Å². The Bertz CT molecular complexity index is 361. The molecular formula is C17H33N3O3.